The van der Waals surface area contributed by atoms with Gasteiger partial charge in [-0.1, -0.05) is 6.07 Å². The third-order valence-corrected chi connectivity index (χ3v) is 3.82. The maximum atomic E-state index is 12.8. The van der Waals surface area contributed by atoms with E-state index in [-0.39, 0.29) is 24.6 Å². The van der Waals surface area contributed by atoms with E-state index in [1.165, 1.54) is 23.7 Å². The largest absolute Gasteiger partial charge is 0.506 e. The third-order valence-electron chi connectivity index (χ3n) is 3.82. The molecule has 0 fully saturated rings. The maximum absolute atomic E-state index is 12.8. The second kappa shape index (κ2) is 7.78. The summed E-state index contributed by atoms with van der Waals surface area (Å²) in [4.78, 5) is 26.4. The van der Waals surface area contributed by atoms with Crippen molar-refractivity contribution in [2.75, 3.05) is 11.9 Å². The van der Waals surface area contributed by atoms with Gasteiger partial charge < -0.3 is 15.2 Å². The number of hydrogen-bond acceptors (Lipinski definition) is 6. The number of aromatic nitrogens is 3. The second-order valence-corrected chi connectivity index (χ2v) is 6.02. The quantitative estimate of drug-likeness (QED) is 0.497. The molecule has 0 aliphatic heterocycles. The number of pyridine rings is 1. The van der Waals surface area contributed by atoms with Gasteiger partial charge in [0.15, 0.2) is 0 Å². The monoisotopic (exact) mass is 408 g/mol. The van der Waals surface area contributed by atoms with Gasteiger partial charge in [-0.25, -0.2) is 4.98 Å². The van der Waals surface area contributed by atoms with Gasteiger partial charge in [0.2, 0.25) is 0 Å². The highest BCUT2D eigenvalue weighted by Gasteiger charge is 2.33. The van der Waals surface area contributed by atoms with Crippen molar-refractivity contribution in [1.82, 2.24) is 14.8 Å². The number of halogens is 3. The highest BCUT2D eigenvalue weighted by atomic mass is 19.4. The molecule has 0 saturated carbocycles. The van der Waals surface area contributed by atoms with Gasteiger partial charge in [-0.05, 0) is 18.2 Å². The van der Waals surface area contributed by atoms with Crippen LogP contribution in [0.2, 0.25) is 0 Å². The van der Waals surface area contributed by atoms with Crippen molar-refractivity contribution in [3.05, 3.63) is 47.9 Å². The molecule has 11 heteroatoms. The zero-order valence-corrected chi connectivity index (χ0v) is 15.0. The lowest BCUT2D eigenvalue weighted by Gasteiger charge is -2.09. The topological polar surface area (TPSA) is 106 Å². The van der Waals surface area contributed by atoms with Gasteiger partial charge in [0.05, 0.1) is 17.7 Å². The van der Waals surface area contributed by atoms with Gasteiger partial charge in [-0.2, -0.15) is 18.3 Å². The number of anilines is 1. The van der Waals surface area contributed by atoms with Crippen molar-refractivity contribution in [1.29, 1.82) is 0 Å². The average Bonchev–Trinajstić information content (AvgIpc) is 3.02. The van der Waals surface area contributed by atoms with Crippen LogP contribution in [0.25, 0.3) is 10.9 Å². The van der Waals surface area contributed by atoms with Crippen LogP contribution in [0.5, 0.6) is 5.75 Å². The number of hydrogen-bond donors (Lipinski definition) is 2. The Hall–Kier alpha value is -3.63. The Morgan fingerprint density at radius 1 is 1.28 bits per heavy atom. The van der Waals surface area contributed by atoms with E-state index < -0.39 is 29.4 Å². The number of carbonyl (C=O) groups is 2. The second-order valence-electron chi connectivity index (χ2n) is 6.02. The minimum Gasteiger partial charge on any atom is -0.506 e. The van der Waals surface area contributed by atoms with E-state index in [1.807, 2.05) is 0 Å². The number of phenolic OH excluding ortho intramolecular Hbond substituents is 1. The number of aromatic hydroxyl groups is 1. The summed E-state index contributed by atoms with van der Waals surface area (Å²) in [6, 6.07) is 5.68. The van der Waals surface area contributed by atoms with Gasteiger partial charge >= 0.3 is 12.1 Å². The van der Waals surface area contributed by atoms with Crippen LogP contribution in [0.4, 0.5) is 18.9 Å². The minimum atomic E-state index is -4.68. The van der Waals surface area contributed by atoms with Crippen molar-refractivity contribution in [3.8, 4) is 5.75 Å². The summed E-state index contributed by atoms with van der Waals surface area (Å²) in [7, 11) is 0. The van der Waals surface area contributed by atoms with Crippen LogP contribution >= 0.6 is 0 Å². The molecule has 2 heterocycles. The molecule has 0 spiro atoms. The number of fused-ring (bicyclic) bond motifs is 1. The molecule has 2 aromatic heterocycles. The number of alkyl halides is 3. The lowest BCUT2D eigenvalue weighted by atomic mass is 10.2. The number of amides is 1. The van der Waals surface area contributed by atoms with E-state index in [9.17, 15) is 27.9 Å². The van der Waals surface area contributed by atoms with Crippen molar-refractivity contribution < 1.29 is 32.6 Å². The first-order chi connectivity index (χ1) is 13.6. The number of carbonyl (C=O) groups excluding carboxylic acids is 2. The standard InChI is InChI=1S/C18H15F3N4O4/c1-10(26)29-6-5-25-9-11-7-14(15(27)8-13(11)24-25)23-17(28)12-3-2-4-16(22-12)18(19,20)21/h2-4,7-9,27H,5-6H2,1H3,(H,23,28). The van der Waals surface area contributed by atoms with Crippen LogP contribution in [0.1, 0.15) is 23.1 Å². The molecule has 29 heavy (non-hydrogen) atoms. The number of rotatable bonds is 5. The number of nitrogens with one attached hydrogen (secondary N) is 1. The molecule has 0 bridgehead atoms. The molecular formula is C18H15F3N4O4. The highest BCUT2D eigenvalue weighted by Crippen LogP contribution is 2.30. The maximum Gasteiger partial charge on any atom is 0.433 e. The summed E-state index contributed by atoms with van der Waals surface area (Å²) < 4.78 is 44.6. The predicted molar refractivity (Wildman–Crippen MR) is 95.2 cm³/mol. The molecular weight excluding hydrogens is 393 g/mol. The fraction of sp³-hybridized carbons (Fsp3) is 0.222. The summed E-state index contributed by atoms with van der Waals surface area (Å²) in [5.41, 5.74) is -1.24. The molecule has 8 nitrogen and oxygen atoms in total. The summed E-state index contributed by atoms with van der Waals surface area (Å²) in [5, 5.41) is 17.2. The number of phenols is 1. The fourth-order valence-electron chi connectivity index (χ4n) is 2.51. The molecule has 3 aromatic rings. The summed E-state index contributed by atoms with van der Waals surface area (Å²) in [6.45, 7) is 1.68. The molecule has 1 amide bonds. The molecule has 1 aromatic carbocycles. The summed E-state index contributed by atoms with van der Waals surface area (Å²) in [6.07, 6.45) is -3.07. The van der Waals surface area contributed by atoms with Gasteiger partial charge in [-0.3, -0.25) is 14.3 Å². The number of nitrogens with zero attached hydrogens (tertiary/aromatic N) is 3. The van der Waals surface area contributed by atoms with Crippen LogP contribution in [0.15, 0.2) is 36.5 Å². The van der Waals surface area contributed by atoms with Crippen LogP contribution < -0.4 is 5.32 Å². The predicted octanol–water partition coefficient (Wildman–Crippen LogP) is 2.97. The molecule has 0 saturated heterocycles. The first-order valence-electron chi connectivity index (χ1n) is 8.32. The smallest absolute Gasteiger partial charge is 0.433 e. The Bertz CT molecular complexity index is 1080. The van der Waals surface area contributed by atoms with E-state index in [0.29, 0.717) is 10.9 Å². The third kappa shape index (κ3) is 4.81. The molecule has 0 radical (unpaired) electrons. The molecule has 2 N–H and O–H groups in total. The van der Waals surface area contributed by atoms with E-state index >= 15 is 0 Å². The lowest BCUT2D eigenvalue weighted by Crippen LogP contribution is -2.17. The molecule has 152 valence electrons. The molecule has 3 rings (SSSR count). The van der Waals surface area contributed by atoms with Crippen LogP contribution in [0, 0.1) is 0 Å². The normalized spacial score (nSPS) is 11.4. The SMILES string of the molecule is CC(=O)OCCn1cc2cc(NC(=O)c3cccc(C(F)(F)F)n3)c(O)cc2n1. The number of esters is 1. The Morgan fingerprint density at radius 3 is 2.72 bits per heavy atom. The molecule has 0 aliphatic rings. The Labute approximate surface area is 161 Å². The van der Waals surface area contributed by atoms with Crippen LogP contribution in [0.3, 0.4) is 0 Å². The van der Waals surface area contributed by atoms with Crippen LogP contribution in [-0.2, 0) is 22.3 Å². The van der Waals surface area contributed by atoms with E-state index in [4.69, 9.17) is 4.74 Å². The summed E-state index contributed by atoms with van der Waals surface area (Å²) >= 11 is 0. The van der Waals surface area contributed by atoms with Crippen LogP contribution in [-0.4, -0.2) is 38.4 Å². The van der Waals surface area contributed by atoms with Crippen molar-refractivity contribution in [3.63, 3.8) is 0 Å². The van der Waals surface area contributed by atoms with Gasteiger partial charge in [0, 0.05) is 24.6 Å². The van der Waals surface area contributed by atoms with Crippen molar-refractivity contribution in [2.45, 2.75) is 19.6 Å². The molecule has 0 atom stereocenters. The van der Waals surface area contributed by atoms with Gasteiger partial charge in [-0.15, -0.1) is 0 Å². The first-order valence-corrected chi connectivity index (χ1v) is 8.32. The van der Waals surface area contributed by atoms with Crippen molar-refractivity contribution in [2.24, 2.45) is 0 Å². The number of benzene rings is 1. The van der Waals surface area contributed by atoms with E-state index in [2.05, 4.69) is 15.4 Å². The Balaban J connectivity index is 1.80. The minimum absolute atomic E-state index is 0.0127. The highest BCUT2D eigenvalue weighted by molar-refractivity contribution is 6.05. The first kappa shape index (κ1) is 20.1. The summed E-state index contributed by atoms with van der Waals surface area (Å²) in [5.74, 6) is -1.65. The van der Waals surface area contributed by atoms with Gasteiger partial charge in [0.1, 0.15) is 23.7 Å². The van der Waals surface area contributed by atoms with E-state index in [0.717, 1.165) is 18.2 Å². The van der Waals surface area contributed by atoms with Crippen molar-refractivity contribution >= 4 is 28.5 Å². The average molecular weight is 408 g/mol. The van der Waals surface area contributed by atoms with E-state index in [1.54, 1.807) is 6.20 Å². The molecule has 0 unspecified atom stereocenters. The zero-order valence-electron chi connectivity index (χ0n) is 15.0. The zero-order chi connectivity index (χ0) is 21.2. The number of ether oxygens (including phenoxy) is 1. The Kier molecular flexibility index (Phi) is 5.39. The fourth-order valence-corrected chi connectivity index (χ4v) is 2.51. The molecule has 0 aliphatic carbocycles. The van der Waals surface area contributed by atoms with Gasteiger partial charge in [0.25, 0.3) is 5.91 Å². The lowest BCUT2D eigenvalue weighted by molar-refractivity contribution is -0.142. The Morgan fingerprint density at radius 2 is 2.03 bits per heavy atom.